The van der Waals surface area contributed by atoms with E-state index < -0.39 is 36.7 Å². The Morgan fingerprint density at radius 1 is 0.943 bits per heavy atom. The van der Waals surface area contributed by atoms with Crippen molar-refractivity contribution in [3.8, 4) is 0 Å². The molecule has 0 aromatic heterocycles. The van der Waals surface area contributed by atoms with Crippen LogP contribution in [0.1, 0.15) is 78.6 Å². The van der Waals surface area contributed by atoms with Gasteiger partial charge >= 0.3 is 5.97 Å². The maximum absolute atomic E-state index is 12.2. The first-order valence-corrected chi connectivity index (χ1v) is 13.8. The molecule has 4 saturated carbocycles. The molecule has 0 aromatic carbocycles. The first-order chi connectivity index (χ1) is 16.5. The third-order valence-corrected chi connectivity index (χ3v) is 11.7. The molecular formula is C27H45NO7. The number of aliphatic hydroxyl groups is 3. The summed E-state index contributed by atoms with van der Waals surface area (Å²) in [7, 11) is 2.05. The molecule has 0 amide bonds. The topological polar surface area (TPSA) is 128 Å². The lowest BCUT2D eigenvalue weighted by Crippen LogP contribution is -2.67. The summed E-state index contributed by atoms with van der Waals surface area (Å²) in [5, 5.41) is 44.3. The van der Waals surface area contributed by atoms with E-state index in [1.807, 2.05) is 7.05 Å². The first kappa shape index (κ1) is 25.9. The van der Waals surface area contributed by atoms with E-state index in [-0.39, 0.29) is 28.4 Å². The lowest BCUT2D eigenvalue weighted by molar-refractivity contribution is -0.309. The normalized spacial score (nSPS) is 56.1. The Kier molecular flexibility index (Phi) is 6.59. The van der Waals surface area contributed by atoms with Crippen molar-refractivity contribution in [1.29, 1.82) is 0 Å². The van der Waals surface area contributed by atoms with Gasteiger partial charge in [-0.15, -0.1) is 0 Å². The smallest absolute Gasteiger partial charge is 0.307 e. The van der Waals surface area contributed by atoms with Crippen molar-refractivity contribution >= 4 is 5.97 Å². The summed E-state index contributed by atoms with van der Waals surface area (Å²) in [6.45, 7) is 6.36. The Hall–Kier alpha value is -0.770. The van der Waals surface area contributed by atoms with E-state index in [4.69, 9.17) is 9.47 Å². The van der Waals surface area contributed by atoms with Crippen LogP contribution in [0.25, 0.3) is 0 Å². The van der Waals surface area contributed by atoms with Crippen molar-refractivity contribution in [2.45, 2.75) is 121 Å². The molecule has 0 aromatic rings. The van der Waals surface area contributed by atoms with E-state index in [9.17, 15) is 25.2 Å². The van der Waals surface area contributed by atoms with E-state index >= 15 is 0 Å². The summed E-state index contributed by atoms with van der Waals surface area (Å²) < 4.78 is 11.9. The van der Waals surface area contributed by atoms with Gasteiger partial charge in [0.1, 0.15) is 18.3 Å². The quantitative estimate of drug-likeness (QED) is 0.376. The average molecular weight is 496 g/mol. The van der Waals surface area contributed by atoms with Crippen molar-refractivity contribution in [2.24, 2.45) is 34.5 Å². The van der Waals surface area contributed by atoms with Gasteiger partial charge in [-0.05, 0) is 100 Å². The highest BCUT2D eigenvalue weighted by molar-refractivity contribution is 5.72. The second-order valence-electron chi connectivity index (χ2n) is 12.8. The fraction of sp³-hybridized carbons (Fsp3) is 0.963. The van der Waals surface area contributed by atoms with Gasteiger partial charge in [0.25, 0.3) is 0 Å². The number of hydrogen-bond donors (Lipinski definition) is 5. The average Bonchev–Trinajstić information content (AvgIpc) is 3.14. The summed E-state index contributed by atoms with van der Waals surface area (Å²) in [6, 6.07) is 0. The first-order valence-electron chi connectivity index (χ1n) is 13.8. The highest BCUT2D eigenvalue weighted by Crippen LogP contribution is 2.69. The number of fused-ring (bicyclic) bond motifs is 5. The maximum Gasteiger partial charge on any atom is 0.307 e. The van der Waals surface area contributed by atoms with Crippen LogP contribution in [0.15, 0.2) is 0 Å². The lowest BCUT2D eigenvalue weighted by Gasteiger charge is -2.65. The van der Waals surface area contributed by atoms with E-state index in [0.717, 1.165) is 57.8 Å². The molecule has 13 atom stereocenters. The molecule has 1 heterocycles. The third-order valence-electron chi connectivity index (χ3n) is 11.7. The van der Waals surface area contributed by atoms with Crippen LogP contribution in [-0.4, -0.2) is 75.8 Å². The number of hydrogen-bond acceptors (Lipinski definition) is 7. The monoisotopic (exact) mass is 495 g/mol. The Morgan fingerprint density at radius 3 is 2.37 bits per heavy atom. The van der Waals surface area contributed by atoms with Gasteiger partial charge in [-0.25, -0.2) is 0 Å². The molecular weight excluding hydrogens is 450 g/mol. The van der Waals surface area contributed by atoms with Gasteiger partial charge in [0.05, 0.1) is 18.1 Å². The van der Waals surface area contributed by atoms with Crippen molar-refractivity contribution in [3.63, 3.8) is 0 Å². The van der Waals surface area contributed by atoms with Crippen LogP contribution in [0.3, 0.4) is 0 Å². The molecule has 200 valence electrons. The molecule has 8 heteroatoms. The van der Waals surface area contributed by atoms with E-state index in [1.54, 1.807) is 6.92 Å². The van der Waals surface area contributed by atoms with Crippen LogP contribution in [0, 0.1) is 34.5 Å². The number of carboxylic acids is 1. The molecule has 0 bridgehead atoms. The zero-order chi connectivity index (χ0) is 25.3. The Bertz CT molecular complexity index is 825. The number of nitrogens with one attached hydrogen (secondary N) is 1. The zero-order valence-corrected chi connectivity index (χ0v) is 21.7. The van der Waals surface area contributed by atoms with Crippen molar-refractivity contribution < 1.29 is 34.7 Å². The molecule has 0 spiro atoms. The fourth-order valence-electron chi connectivity index (χ4n) is 9.66. The Labute approximate surface area is 208 Å². The van der Waals surface area contributed by atoms with Crippen LogP contribution in [0.4, 0.5) is 0 Å². The van der Waals surface area contributed by atoms with E-state index in [2.05, 4.69) is 19.2 Å². The predicted octanol–water partition coefficient (Wildman–Crippen LogP) is 2.28. The predicted molar refractivity (Wildman–Crippen MR) is 128 cm³/mol. The largest absolute Gasteiger partial charge is 0.481 e. The minimum absolute atomic E-state index is 0.0473. The highest BCUT2D eigenvalue weighted by Gasteiger charge is 2.68. The van der Waals surface area contributed by atoms with Crippen molar-refractivity contribution in [1.82, 2.24) is 5.32 Å². The molecule has 8 nitrogen and oxygen atoms in total. The number of rotatable bonds is 4. The van der Waals surface area contributed by atoms with E-state index in [0.29, 0.717) is 17.8 Å². The molecule has 35 heavy (non-hydrogen) atoms. The number of carboxylic acid groups (broad SMARTS) is 1. The van der Waals surface area contributed by atoms with Crippen LogP contribution in [0.2, 0.25) is 0 Å². The maximum atomic E-state index is 12.2. The minimum atomic E-state index is -1.27. The summed E-state index contributed by atoms with van der Waals surface area (Å²) in [6.07, 6.45) is 3.51. The summed E-state index contributed by atoms with van der Waals surface area (Å²) in [5.41, 5.74) is -0.146. The van der Waals surface area contributed by atoms with Crippen LogP contribution < -0.4 is 5.32 Å². The van der Waals surface area contributed by atoms with Gasteiger partial charge in [-0.1, -0.05) is 13.8 Å². The summed E-state index contributed by atoms with van der Waals surface area (Å²) >= 11 is 0. The summed E-state index contributed by atoms with van der Waals surface area (Å²) in [4.78, 5) is 12.2. The second-order valence-corrected chi connectivity index (χ2v) is 12.8. The zero-order valence-electron chi connectivity index (χ0n) is 21.7. The standard InChI is InChI=1S/C27H45NO7/c1-14-20(29)21(30)22(31)24(34-14)35-16-7-10-25(2)15(13-16)5-6-18-17(25)8-11-26(3)19(23(32)33)9-12-27(18,26)28-4/h14-22,24,28-31H,5-13H2,1-4H3,(H,32,33)/t14-,15+,16-,17-,18+,19+,20-,21+,22+,24-,25-,26+,27-/m0/s1. The van der Waals surface area contributed by atoms with Crippen molar-refractivity contribution in [2.75, 3.05) is 7.05 Å². The molecule has 1 saturated heterocycles. The number of carbonyl (C=O) groups is 1. The van der Waals surface area contributed by atoms with Crippen LogP contribution in [0.5, 0.6) is 0 Å². The molecule has 5 N–H and O–H groups in total. The van der Waals surface area contributed by atoms with Crippen molar-refractivity contribution in [3.05, 3.63) is 0 Å². The Morgan fingerprint density at radius 2 is 1.69 bits per heavy atom. The van der Waals surface area contributed by atoms with Gasteiger partial charge in [0.15, 0.2) is 6.29 Å². The minimum Gasteiger partial charge on any atom is -0.481 e. The van der Waals surface area contributed by atoms with Gasteiger partial charge in [0.2, 0.25) is 0 Å². The lowest BCUT2D eigenvalue weighted by atomic mass is 9.42. The molecule has 5 rings (SSSR count). The third kappa shape index (κ3) is 3.65. The van der Waals surface area contributed by atoms with Gasteiger partial charge in [0, 0.05) is 5.54 Å². The molecule has 5 aliphatic rings. The second kappa shape index (κ2) is 8.91. The fourth-order valence-corrected chi connectivity index (χ4v) is 9.66. The van der Waals surface area contributed by atoms with E-state index in [1.165, 1.54) is 0 Å². The van der Waals surface area contributed by atoms with Crippen LogP contribution >= 0.6 is 0 Å². The molecule has 5 fully saturated rings. The summed E-state index contributed by atoms with van der Waals surface area (Å²) in [5.74, 6) is 0.633. The SMILES string of the molecule is CN[C@]12CC[C@H](C(=O)O)[C@@]1(C)CC[C@H]1[C@H]2CC[C@@H]2C[C@@H](O[C@@H]3O[C@@H](C)[C@H](O)[C@@H](O)[C@H]3O)CC[C@@]21C. The number of ether oxygens (including phenoxy) is 2. The van der Waals surface area contributed by atoms with Crippen LogP contribution in [-0.2, 0) is 14.3 Å². The molecule has 0 unspecified atom stereocenters. The van der Waals surface area contributed by atoms with Gasteiger partial charge < -0.3 is 35.2 Å². The molecule has 4 aliphatic carbocycles. The number of aliphatic carboxylic acids is 1. The van der Waals surface area contributed by atoms with Gasteiger partial charge in [-0.3, -0.25) is 4.79 Å². The highest BCUT2D eigenvalue weighted by atomic mass is 16.7. The Balaban J connectivity index is 1.31. The van der Waals surface area contributed by atoms with Gasteiger partial charge in [-0.2, -0.15) is 0 Å². The molecule has 1 aliphatic heterocycles. The number of aliphatic hydroxyl groups excluding tert-OH is 3. The molecule has 0 radical (unpaired) electrons.